The second-order valence-electron chi connectivity index (χ2n) is 5.62. The Hall–Kier alpha value is -0.930. The van der Waals surface area contributed by atoms with Crippen molar-refractivity contribution in [2.45, 2.75) is 45.7 Å². The third kappa shape index (κ3) is 4.03. The van der Waals surface area contributed by atoms with Crippen LogP contribution < -0.4 is 10.1 Å². The average molecular weight is 297 g/mol. The third-order valence-corrected chi connectivity index (χ3v) is 4.10. The van der Waals surface area contributed by atoms with E-state index in [4.69, 9.17) is 16.3 Å². The van der Waals surface area contributed by atoms with Crippen LogP contribution in [0.15, 0.2) is 18.2 Å². The van der Waals surface area contributed by atoms with Gasteiger partial charge in [0.25, 0.3) is 0 Å². The van der Waals surface area contributed by atoms with Gasteiger partial charge in [0.05, 0.1) is 12.3 Å². The highest BCUT2D eigenvalue weighted by atomic mass is 35.5. The van der Waals surface area contributed by atoms with Crippen LogP contribution in [0.25, 0.3) is 0 Å². The highest BCUT2D eigenvalue weighted by Gasteiger charge is 2.21. The van der Waals surface area contributed by atoms with Crippen LogP contribution in [-0.2, 0) is 0 Å². The summed E-state index contributed by atoms with van der Waals surface area (Å²) in [4.78, 5) is 2.53. The maximum absolute atomic E-state index is 6.10. The minimum Gasteiger partial charge on any atom is -0.492 e. The summed E-state index contributed by atoms with van der Waals surface area (Å²) in [6.07, 6.45) is 2.33. The van der Waals surface area contributed by atoms with Gasteiger partial charge in [-0.1, -0.05) is 11.6 Å². The van der Waals surface area contributed by atoms with Gasteiger partial charge in [-0.2, -0.15) is 0 Å². The van der Waals surface area contributed by atoms with Gasteiger partial charge >= 0.3 is 0 Å². The molecule has 0 amide bonds. The molecule has 0 spiro atoms. The number of rotatable bonds is 5. The molecular weight excluding hydrogens is 272 g/mol. The van der Waals surface area contributed by atoms with E-state index in [1.165, 1.54) is 0 Å². The summed E-state index contributed by atoms with van der Waals surface area (Å²) < 4.78 is 5.66. The third-order valence-electron chi connectivity index (χ3n) is 3.86. The first-order chi connectivity index (χ1) is 9.60. The minimum atomic E-state index is 0.502. The number of nitrogens with one attached hydrogen (secondary N) is 1. The van der Waals surface area contributed by atoms with Crippen molar-refractivity contribution in [2.75, 3.05) is 25.0 Å². The van der Waals surface area contributed by atoms with Crippen molar-refractivity contribution in [1.29, 1.82) is 0 Å². The first kappa shape index (κ1) is 15.5. The van der Waals surface area contributed by atoms with Gasteiger partial charge in [0.15, 0.2) is 0 Å². The summed E-state index contributed by atoms with van der Waals surface area (Å²) in [5.41, 5.74) is 1.02. The lowest BCUT2D eigenvalue weighted by Gasteiger charge is -2.35. The summed E-state index contributed by atoms with van der Waals surface area (Å²) in [5.74, 6) is 0.892. The Balaban J connectivity index is 1.98. The molecule has 1 aromatic rings. The molecule has 3 nitrogen and oxygen atoms in total. The first-order valence-corrected chi connectivity index (χ1v) is 7.91. The largest absolute Gasteiger partial charge is 0.492 e. The van der Waals surface area contributed by atoms with Crippen molar-refractivity contribution in [2.24, 2.45) is 0 Å². The molecule has 0 bridgehead atoms. The molecule has 0 atom stereocenters. The van der Waals surface area contributed by atoms with E-state index in [0.29, 0.717) is 18.7 Å². The molecule has 0 unspecified atom stereocenters. The Kier molecular flexibility index (Phi) is 5.55. The van der Waals surface area contributed by atoms with Crippen molar-refractivity contribution >= 4 is 17.3 Å². The molecule has 1 saturated heterocycles. The molecule has 20 heavy (non-hydrogen) atoms. The van der Waals surface area contributed by atoms with E-state index in [0.717, 1.165) is 42.4 Å². The zero-order chi connectivity index (χ0) is 14.5. The van der Waals surface area contributed by atoms with Gasteiger partial charge in [0.2, 0.25) is 0 Å². The quantitative estimate of drug-likeness (QED) is 0.888. The second-order valence-corrected chi connectivity index (χ2v) is 6.06. The van der Waals surface area contributed by atoms with Gasteiger partial charge in [0, 0.05) is 30.2 Å². The Morgan fingerprint density at radius 1 is 1.35 bits per heavy atom. The van der Waals surface area contributed by atoms with E-state index >= 15 is 0 Å². The fourth-order valence-corrected chi connectivity index (χ4v) is 2.85. The molecule has 0 radical (unpaired) electrons. The van der Waals surface area contributed by atoms with Gasteiger partial charge in [0.1, 0.15) is 5.75 Å². The number of halogens is 1. The SMILES string of the molecule is CCOc1ccc(Cl)cc1NC1CCN(C(C)C)CC1. The van der Waals surface area contributed by atoms with E-state index < -0.39 is 0 Å². The molecular formula is C16H25ClN2O. The van der Waals surface area contributed by atoms with Crippen LogP contribution in [0.1, 0.15) is 33.6 Å². The van der Waals surface area contributed by atoms with Crippen molar-refractivity contribution in [3.8, 4) is 5.75 Å². The number of anilines is 1. The predicted molar refractivity (Wildman–Crippen MR) is 86.0 cm³/mol. The summed E-state index contributed by atoms with van der Waals surface area (Å²) >= 11 is 6.10. The van der Waals surface area contributed by atoms with Crippen molar-refractivity contribution in [3.63, 3.8) is 0 Å². The standard InChI is InChI=1S/C16H25ClN2O/c1-4-20-16-6-5-13(17)11-15(16)18-14-7-9-19(10-8-14)12(2)3/h5-6,11-12,14,18H,4,7-10H2,1-3H3. The highest BCUT2D eigenvalue weighted by molar-refractivity contribution is 6.30. The lowest BCUT2D eigenvalue weighted by Crippen LogP contribution is -2.42. The topological polar surface area (TPSA) is 24.5 Å². The molecule has 1 fully saturated rings. The summed E-state index contributed by atoms with van der Waals surface area (Å²) in [6.45, 7) is 9.50. The van der Waals surface area contributed by atoms with Crippen molar-refractivity contribution in [3.05, 3.63) is 23.2 Å². The molecule has 4 heteroatoms. The van der Waals surface area contributed by atoms with Crippen LogP contribution in [0.4, 0.5) is 5.69 Å². The van der Waals surface area contributed by atoms with Gasteiger partial charge in [-0.3, -0.25) is 0 Å². The van der Waals surface area contributed by atoms with Crippen LogP contribution in [0.3, 0.4) is 0 Å². The smallest absolute Gasteiger partial charge is 0.142 e. The monoisotopic (exact) mass is 296 g/mol. The second kappa shape index (κ2) is 7.19. The van der Waals surface area contributed by atoms with Crippen LogP contribution in [-0.4, -0.2) is 36.7 Å². The number of benzene rings is 1. The minimum absolute atomic E-state index is 0.502. The Morgan fingerprint density at radius 2 is 2.05 bits per heavy atom. The molecule has 1 aliphatic heterocycles. The fourth-order valence-electron chi connectivity index (χ4n) is 2.68. The van der Waals surface area contributed by atoms with Crippen molar-refractivity contribution in [1.82, 2.24) is 4.90 Å². The zero-order valence-corrected chi connectivity index (χ0v) is 13.4. The van der Waals surface area contributed by atoms with Crippen molar-refractivity contribution < 1.29 is 4.74 Å². The number of nitrogens with zero attached hydrogens (tertiary/aromatic N) is 1. The number of likely N-dealkylation sites (tertiary alicyclic amines) is 1. The van der Waals surface area contributed by atoms with E-state index in [1.54, 1.807) is 0 Å². The molecule has 0 aliphatic carbocycles. The number of piperidine rings is 1. The molecule has 2 rings (SSSR count). The number of hydrogen-bond donors (Lipinski definition) is 1. The molecule has 1 heterocycles. The Labute approximate surface area is 127 Å². The van der Waals surface area contributed by atoms with E-state index in [2.05, 4.69) is 24.1 Å². The predicted octanol–water partition coefficient (Wildman–Crippen LogP) is 4.02. The first-order valence-electron chi connectivity index (χ1n) is 7.53. The molecule has 0 saturated carbocycles. The van der Waals surface area contributed by atoms with E-state index in [-0.39, 0.29) is 0 Å². The van der Waals surface area contributed by atoms with E-state index in [1.807, 2.05) is 25.1 Å². The number of hydrogen-bond acceptors (Lipinski definition) is 3. The van der Waals surface area contributed by atoms with Gasteiger partial charge in [-0.15, -0.1) is 0 Å². The average Bonchev–Trinajstić information content (AvgIpc) is 2.42. The normalized spacial score (nSPS) is 17.4. The highest BCUT2D eigenvalue weighted by Crippen LogP contribution is 2.30. The molecule has 1 aromatic carbocycles. The zero-order valence-electron chi connectivity index (χ0n) is 12.7. The van der Waals surface area contributed by atoms with Gasteiger partial charge in [-0.25, -0.2) is 0 Å². The summed E-state index contributed by atoms with van der Waals surface area (Å²) in [7, 11) is 0. The fraction of sp³-hybridized carbons (Fsp3) is 0.625. The maximum atomic E-state index is 6.10. The van der Waals surface area contributed by atoms with Crippen LogP contribution in [0, 0.1) is 0 Å². The van der Waals surface area contributed by atoms with Gasteiger partial charge in [-0.05, 0) is 51.8 Å². The molecule has 1 N–H and O–H groups in total. The molecule has 0 aromatic heterocycles. The van der Waals surface area contributed by atoms with E-state index in [9.17, 15) is 0 Å². The van der Waals surface area contributed by atoms with Crippen LogP contribution in [0.5, 0.6) is 5.75 Å². The Morgan fingerprint density at radius 3 is 2.65 bits per heavy atom. The summed E-state index contributed by atoms with van der Waals surface area (Å²) in [6, 6.07) is 6.92. The van der Waals surface area contributed by atoms with Crippen LogP contribution >= 0.6 is 11.6 Å². The molecule has 1 aliphatic rings. The van der Waals surface area contributed by atoms with Gasteiger partial charge < -0.3 is 15.0 Å². The lowest BCUT2D eigenvalue weighted by atomic mass is 10.0. The summed E-state index contributed by atoms with van der Waals surface area (Å²) in [5, 5.41) is 4.34. The number of ether oxygens (including phenoxy) is 1. The molecule has 112 valence electrons. The maximum Gasteiger partial charge on any atom is 0.142 e. The van der Waals surface area contributed by atoms with Crippen LogP contribution in [0.2, 0.25) is 5.02 Å². The Bertz CT molecular complexity index is 428. The lowest BCUT2D eigenvalue weighted by molar-refractivity contribution is 0.177.